The predicted molar refractivity (Wildman–Crippen MR) is 133 cm³/mol. The second-order valence-electron chi connectivity index (χ2n) is 9.87. The molecule has 0 amide bonds. The molecule has 1 fully saturated rings. The van der Waals surface area contributed by atoms with Gasteiger partial charge in [0.2, 0.25) is 0 Å². The second kappa shape index (κ2) is 9.29. The van der Waals surface area contributed by atoms with Crippen molar-refractivity contribution in [3.8, 4) is 16.9 Å². The number of carbonyl (C=O) groups excluding carboxylic acids is 1. The fourth-order valence-corrected chi connectivity index (χ4v) is 5.73. The molecular weight excluding hydrogens is 443 g/mol. The molecule has 3 aromatic carbocycles. The number of carboxylic acid groups (broad SMARTS) is 1. The van der Waals surface area contributed by atoms with Crippen LogP contribution in [0.25, 0.3) is 11.1 Å². The van der Waals surface area contributed by atoms with Gasteiger partial charge in [0, 0.05) is 17.0 Å². The summed E-state index contributed by atoms with van der Waals surface area (Å²) < 4.78 is 20.7. The summed E-state index contributed by atoms with van der Waals surface area (Å²) in [4.78, 5) is 24.5. The average Bonchev–Trinajstić information content (AvgIpc) is 3.49. The number of ketones is 1. The molecule has 35 heavy (non-hydrogen) atoms. The van der Waals surface area contributed by atoms with Crippen molar-refractivity contribution in [2.24, 2.45) is 11.8 Å². The van der Waals surface area contributed by atoms with E-state index in [1.807, 2.05) is 38.1 Å². The van der Waals surface area contributed by atoms with Gasteiger partial charge in [0.25, 0.3) is 0 Å². The van der Waals surface area contributed by atoms with E-state index in [1.165, 1.54) is 31.0 Å². The quantitative estimate of drug-likeness (QED) is 0.422. The van der Waals surface area contributed by atoms with E-state index in [9.17, 15) is 19.1 Å². The number of ether oxygens (including phenoxy) is 1. The Morgan fingerprint density at radius 1 is 1.06 bits per heavy atom. The van der Waals surface area contributed by atoms with Gasteiger partial charge in [-0.2, -0.15) is 0 Å². The SMILES string of the molecule is Cc1c(OCc2cccc(-c3cc(C(=O)O)ccc3F)c2)cc2c(c1C)C(=O)C(C1CCCC1)C2. The monoisotopic (exact) mass is 472 g/mol. The molecule has 1 unspecified atom stereocenters. The Morgan fingerprint density at radius 2 is 1.83 bits per heavy atom. The summed E-state index contributed by atoms with van der Waals surface area (Å²) in [5.74, 6) is 0.111. The van der Waals surface area contributed by atoms with Crippen molar-refractivity contribution in [2.75, 3.05) is 0 Å². The normalized spacial score (nSPS) is 17.6. The van der Waals surface area contributed by atoms with E-state index in [1.54, 1.807) is 6.07 Å². The van der Waals surface area contributed by atoms with E-state index >= 15 is 0 Å². The minimum Gasteiger partial charge on any atom is -0.489 e. The minimum atomic E-state index is -1.10. The largest absolute Gasteiger partial charge is 0.489 e. The molecule has 180 valence electrons. The summed E-state index contributed by atoms with van der Waals surface area (Å²) in [7, 11) is 0. The first-order valence-electron chi connectivity index (χ1n) is 12.3. The second-order valence-corrected chi connectivity index (χ2v) is 9.87. The van der Waals surface area contributed by atoms with Crippen molar-refractivity contribution in [3.63, 3.8) is 0 Å². The summed E-state index contributed by atoms with van der Waals surface area (Å²) in [6.45, 7) is 4.28. The highest BCUT2D eigenvalue weighted by Gasteiger charge is 2.39. The number of aromatic carboxylic acids is 1. The van der Waals surface area contributed by atoms with Crippen LogP contribution in [0.3, 0.4) is 0 Å². The third-order valence-corrected chi connectivity index (χ3v) is 7.77. The van der Waals surface area contributed by atoms with E-state index in [0.717, 1.165) is 52.8 Å². The number of fused-ring (bicyclic) bond motifs is 1. The molecule has 0 spiro atoms. The van der Waals surface area contributed by atoms with Gasteiger partial charge in [-0.05, 0) is 97.2 Å². The van der Waals surface area contributed by atoms with Crippen LogP contribution in [-0.2, 0) is 13.0 Å². The molecule has 1 atom stereocenters. The minimum absolute atomic E-state index is 0.0396. The van der Waals surface area contributed by atoms with Gasteiger partial charge in [0.1, 0.15) is 18.2 Å². The molecule has 3 aromatic rings. The Bertz CT molecular complexity index is 1320. The van der Waals surface area contributed by atoms with Gasteiger partial charge in [-0.15, -0.1) is 0 Å². The maximum absolute atomic E-state index is 14.4. The zero-order chi connectivity index (χ0) is 24.7. The maximum Gasteiger partial charge on any atom is 0.335 e. The Morgan fingerprint density at radius 3 is 2.57 bits per heavy atom. The number of hydrogen-bond acceptors (Lipinski definition) is 3. The number of carboxylic acids is 1. The van der Waals surface area contributed by atoms with Crippen LogP contribution in [0.2, 0.25) is 0 Å². The third-order valence-electron chi connectivity index (χ3n) is 7.77. The van der Waals surface area contributed by atoms with Crippen LogP contribution in [-0.4, -0.2) is 16.9 Å². The van der Waals surface area contributed by atoms with E-state index in [2.05, 4.69) is 0 Å². The van der Waals surface area contributed by atoms with Crippen LogP contribution < -0.4 is 4.74 Å². The first-order valence-corrected chi connectivity index (χ1v) is 12.3. The highest BCUT2D eigenvalue weighted by molar-refractivity contribution is 6.04. The fraction of sp³-hybridized carbons (Fsp3) is 0.333. The molecule has 0 radical (unpaired) electrons. The van der Waals surface area contributed by atoms with Gasteiger partial charge in [-0.1, -0.05) is 31.0 Å². The molecule has 1 saturated carbocycles. The van der Waals surface area contributed by atoms with Crippen LogP contribution in [0.5, 0.6) is 5.75 Å². The van der Waals surface area contributed by atoms with Gasteiger partial charge in [-0.3, -0.25) is 4.79 Å². The van der Waals surface area contributed by atoms with Crippen molar-refractivity contribution in [2.45, 2.75) is 52.6 Å². The molecule has 0 aliphatic heterocycles. The van der Waals surface area contributed by atoms with Crippen molar-refractivity contribution in [3.05, 3.63) is 87.7 Å². The Labute approximate surface area is 204 Å². The smallest absolute Gasteiger partial charge is 0.335 e. The molecule has 5 heteroatoms. The zero-order valence-corrected chi connectivity index (χ0v) is 20.1. The molecule has 0 heterocycles. The lowest BCUT2D eigenvalue weighted by molar-refractivity contribution is 0.0696. The zero-order valence-electron chi connectivity index (χ0n) is 20.1. The summed E-state index contributed by atoms with van der Waals surface area (Å²) >= 11 is 0. The van der Waals surface area contributed by atoms with Gasteiger partial charge in [0.15, 0.2) is 5.78 Å². The van der Waals surface area contributed by atoms with E-state index < -0.39 is 11.8 Å². The van der Waals surface area contributed by atoms with Gasteiger partial charge in [0.05, 0.1) is 5.56 Å². The first kappa shape index (κ1) is 23.3. The molecule has 1 N–H and O–H groups in total. The Balaban J connectivity index is 1.37. The van der Waals surface area contributed by atoms with Gasteiger partial charge in [-0.25, -0.2) is 9.18 Å². The lowest BCUT2D eigenvalue weighted by Gasteiger charge is -2.16. The average molecular weight is 473 g/mol. The maximum atomic E-state index is 14.4. The molecule has 2 aliphatic carbocycles. The first-order chi connectivity index (χ1) is 16.8. The number of rotatable bonds is 6. The van der Waals surface area contributed by atoms with Crippen molar-refractivity contribution in [1.82, 2.24) is 0 Å². The molecule has 0 saturated heterocycles. The molecule has 4 nitrogen and oxygen atoms in total. The molecule has 0 bridgehead atoms. The highest BCUT2D eigenvalue weighted by Crippen LogP contribution is 2.43. The van der Waals surface area contributed by atoms with E-state index in [0.29, 0.717) is 17.3 Å². The molecule has 2 aliphatic rings. The number of halogens is 1. The number of hydrogen-bond donors (Lipinski definition) is 1. The topological polar surface area (TPSA) is 63.6 Å². The van der Waals surface area contributed by atoms with Crippen molar-refractivity contribution in [1.29, 1.82) is 0 Å². The lowest BCUT2D eigenvalue weighted by Crippen LogP contribution is -2.18. The lowest BCUT2D eigenvalue weighted by atomic mass is 9.87. The third kappa shape index (κ3) is 4.36. The van der Waals surface area contributed by atoms with Crippen LogP contribution >= 0.6 is 0 Å². The van der Waals surface area contributed by atoms with E-state index in [-0.39, 0.29) is 23.7 Å². The molecular formula is C30H29FO4. The highest BCUT2D eigenvalue weighted by atomic mass is 19.1. The summed E-state index contributed by atoms with van der Waals surface area (Å²) in [6.07, 6.45) is 5.54. The summed E-state index contributed by atoms with van der Waals surface area (Å²) in [5, 5.41) is 9.26. The summed E-state index contributed by atoms with van der Waals surface area (Å²) in [6, 6.07) is 13.1. The van der Waals surface area contributed by atoms with E-state index in [4.69, 9.17) is 4.74 Å². The predicted octanol–water partition coefficient (Wildman–Crippen LogP) is 6.93. The Hall–Kier alpha value is -3.47. The van der Waals surface area contributed by atoms with Crippen LogP contribution in [0.4, 0.5) is 4.39 Å². The fourth-order valence-electron chi connectivity index (χ4n) is 5.73. The number of carbonyl (C=O) groups is 2. The number of benzene rings is 3. The van der Waals surface area contributed by atoms with Gasteiger partial charge >= 0.3 is 5.97 Å². The Kier molecular flexibility index (Phi) is 6.18. The standard InChI is InChI=1S/C30H29FO4/c1-17-18(2)28-23(14-25(29(28)32)20-7-3-4-8-20)15-27(17)35-16-19-6-5-9-21(12-19)24-13-22(30(33)34)10-11-26(24)31/h5-6,9-13,15,20,25H,3-4,7-8,14,16H2,1-2H3,(H,33,34). The van der Waals surface area contributed by atoms with Crippen LogP contribution in [0, 0.1) is 31.5 Å². The van der Waals surface area contributed by atoms with Crippen molar-refractivity contribution < 1.29 is 23.8 Å². The molecule has 5 rings (SSSR count). The van der Waals surface area contributed by atoms with Crippen molar-refractivity contribution >= 4 is 11.8 Å². The molecule has 0 aromatic heterocycles. The number of Topliss-reactive ketones (excluding diaryl/α,β-unsaturated/α-hetero) is 1. The van der Waals surface area contributed by atoms with Gasteiger partial charge < -0.3 is 9.84 Å². The van der Waals surface area contributed by atoms with Crippen LogP contribution in [0.15, 0.2) is 48.5 Å². The summed E-state index contributed by atoms with van der Waals surface area (Å²) in [5.41, 5.74) is 5.68. The van der Waals surface area contributed by atoms with Crippen LogP contribution in [0.1, 0.15) is 68.7 Å².